The van der Waals surface area contributed by atoms with Gasteiger partial charge in [-0.15, -0.1) is 0 Å². The van der Waals surface area contributed by atoms with E-state index >= 15 is 0 Å². The molecule has 2 aromatic rings. The lowest BCUT2D eigenvalue weighted by atomic mass is 10.2. The van der Waals surface area contributed by atoms with Gasteiger partial charge in [0.25, 0.3) is 0 Å². The SMILES string of the molecule is N#Cc1ccc(Cl)c(Nc2ccc(Br)cc2N)c1. The van der Waals surface area contributed by atoms with Crippen molar-refractivity contribution < 1.29 is 0 Å². The third-order valence-electron chi connectivity index (χ3n) is 2.38. The summed E-state index contributed by atoms with van der Waals surface area (Å²) < 4.78 is 0.905. The Kier molecular flexibility index (Phi) is 3.75. The fourth-order valence-corrected chi connectivity index (χ4v) is 2.03. The number of hydrogen-bond acceptors (Lipinski definition) is 3. The number of nitriles is 1. The molecule has 0 aliphatic rings. The minimum atomic E-state index is 0.538. The first-order valence-electron chi connectivity index (χ1n) is 5.12. The second-order valence-corrected chi connectivity index (χ2v) is 4.99. The number of hydrogen-bond donors (Lipinski definition) is 2. The van der Waals surface area contributed by atoms with Crippen LogP contribution in [0.5, 0.6) is 0 Å². The smallest absolute Gasteiger partial charge is 0.0992 e. The molecule has 2 aromatic carbocycles. The van der Waals surface area contributed by atoms with Crippen LogP contribution in [0.15, 0.2) is 40.9 Å². The van der Waals surface area contributed by atoms with Gasteiger partial charge in [0.15, 0.2) is 0 Å². The Morgan fingerprint density at radius 1 is 1.17 bits per heavy atom. The first kappa shape index (κ1) is 12.7. The number of anilines is 3. The summed E-state index contributed by atoms with van der Waals surface area (Å²) in [5, 5.41) is 12.5. The molecular formula is C13H9BrClN3. The van der Waals surface area contributed by atoms with Gasteiger partial charge in [0.2, 0.25) is 0 Å². The average Bonchev–Trinajstić information content (AvgIpc) is 2.35. The molecule has 0 saturated carbocycles. The van der Waals surface area contributed by atoms with Crippen LogP contribution in [0.25, 0.3) is 0 Å². The van der Waals surface area contributed by atoms with E-state index in [4.69, 9.17) is 22.6 Å². The van der Waals surface area contributed by atoms with Gasteiger partial charge in [0.1, 0.15) is 0 Å². The molecule has 0 aliphatic heterocycles. The summed E-state index contributed by atoms with van der Waals surface area (Å²) in [5.74, 6) is 0. The van der Waals surface area contributed by atoms with Crippen molar-refractivity contribution in [2.45, 2.75) is 0 Å². The maximum absolute atomic E-state index is 8.86. The zero-order chi connectivity index (χ0) is 13.1. The van der Waals surface area contributed by atoms with Crippen molar-refractivity contribution >= 4 is 44.6 Å². The Morgan fingerprint density at radius 2 is 1.94 bits per heavy atom. The van der Waals surface area contributed by atoms with E-state index in [2.05, 4.69) is 27.3 Å². The highest BCUT2D eigenvalue weighted by Crippen LogP contribution is 2.30. The molecule has 0 aliphatic carbocycles. The van der Waals surface area contributed by atoms with Gasteiger partial charge in [0.05, 0.1) is 33.7 Å². The minimum Gasteiger partial charge on any atom is -0.397 e. The standard InChI is InChI=1S/C13H9BrClN3/c14-9-2-4-12(11(17)6-9)18-13-5-8(7-16)1-3-10(13)15/h1-6,18H,17H2. The predicted molar refractivity (Wildman–Crippen MR) is 78.0 cm³/mol. The zero-order valence-corrected chi connectivity index (χ0v) is 11.6. The maximum Gasteiger partial charge on any atom is 0.0992 e. The van der Waals surface area contributed by atoms with Crippen molar-refractivity contribution in [3.63, 3.8) is 0 Å². The molecule has 0 saturated heterocycles. The van der Waals surface area contributed by atoms with E-state index in [1.54, 1.807) is 24.3 Å². The van der Waals surface area contributed by atoms with Gasteiger partial charge in [0, 0.05) is 4.47 Å². The van der Waals surface area contributed by atoms with Crippen LogP contribution in [0.3, 0.4) is 0 Å². The van der Waals surface area contributed by atoms with Crippen molar-refractivity contribution in [2.75, 3.05) is 11.1 Å². The highest BCUT2D eigenvalue weighted by atomic mass is 79.9. The molecule has 0 atom stereocenters. The molecule has 2 rings (SSSR count). The number of rotatable bonds is 2. The summed E-state index contributed by atoms with van der Waals surface area (Å²) in [6.45, 7) is 0. The highest BCUT2D eigenvalue weighted by molar-refractivity contribution is 9.10. The summed E-state index contributed by atoms with van der Waals surface area (Å²) in [6.07, 6.45) is 0. The van der Waals surface area contributed by atoms with Crippen LogP contribution in [0.4, 0.5) is 17.1 Å². The van der Waals surface area contributed by atoms with Crippen molar-refractivity contribution in [3.8, 4) is 6.07 Å². The monoisotopic (exact) mass is 321 g/mol. The number of benzene rings is 2. The Hall–Kier alpha value is -1.70. The summed E-state index contributed by atoms with van der Waals surface area (Å²) in [5.41, 5.74) is 8.43. The molecule has 5 heteroatoms. The van der Waals surface area contributed by atoms with E-state index in [1.807, 2.05) is 12.1 Å². The number of nitrogen functional groups attached to an aromatic ring is 1. The normalized spacial score (nSPS) is 9.83. The van der Waals surface area contributed by atoms with Crippen LogP contribution >= 0.6 is 27.5 Å². The minimum absolute atomic E-state index is 0.538. The van der Waals surface area contributed by atoms with Crippen molar-refractivity contribution in [2.24, 2.45) is 0 Å². The van der Waals surface area contributed by atoms with Gasteiger partial charge in [-0.3, -0.25) is 0 Å². The Bertz CT molecular complexity index is 635. The lowest BCUT2D eigenvalue weighted by molar-refractivity contribution is 1.47. The molecule has 0 unspecified atom stereocenters. The Balaban J connectivity index is 2.37. The fourth-order valence-electron chi connectivity index (χ4n) is 1.48. The summed E-state index contributed by atoms with van der Waals surface area (Å²) in [7, 11) is 0. The summed E-state index contributed by atoms with van der Waals surface area (Å²) in [4.78, 5) is 0. The molecular weight excluding hydrogens is 314 g/mol. The van der Waals surface area contributed by atoms with E-state index < -0.39 is 0 Å². The van der Waals surface area contributed by atoms with Crippen LogP contribution in [-0.2, 0) is 0 Å². The van der Waals surface area contributed by atoms with Gasteiger partial charge in [-0.05, 0) is 36.4 Å². The van der Waals surface area contributed by atoms with Crippen molar-refractivity contribution in [1.29, 1.82) is 5.26 Å². The predicted octanol–water partition coefficient (Wildman–Crippen LogP) is 4.30. The van der Waals surface area contributed by atoms with Gasteiger partial charge in [-0.25, -0.2) is 0 Å². The number of nitrogens with zero attached hydrogens (tertiary/aromatic N) is 1. The Labute approximate surface area is 118 Å². The maximum atomic E-state index is 8.86. The van der Waals surface area contributed by atoms with Crippen molar-refractivity contribution in [1.82, 2.24) is 0 Å². The first-order valence-corrected chi connectivity index (χ1v) is 6.29. The van der Waals surface area contributed by atoms with E-state index in [9.17, 15) is 0 Å². The Morgan fingerprint density at radius 3 is 2.61 bits per heavy atom. The number of halogens is 2. The molecule has 90 valence electrons. The molecule has 3 N–H and O–H groups in total. The van der Waals surface area contributed by atoms with E-state index in [0.717, 1.165) is 10.2 Å². The van der Waals surface area contributed by atoms with Crippen molar-refractivity contribution in [3.05, 3.63) is 51.5 Å². The quantitative estimate of drug-likeness (QED) is 0.810. The van der Waals surface area contributed by atoms with Crippen LogP contribution in [0.2, 0.25) is 5.02 Å². The third-order valence-corrected chi connectivity index (χ3v) is 3.20. The first-order chi connectivity index (χ1) is 8.60. The molecule has 0 spiro atoms. The van der Waals surface area contributed by atoms with Gasteiger partial charge < -0.3 is 11.1 Å². The van der Waals surface area contributed by atoms with Crippen LogP contribution in [0, 0.1) is 11.3 Å². The molecule has 0 radical (unpaired) electrons. The highest BCUT2D eigenvalue weighted by Gasteiger charge is 2.05. The van der Waals surface area contributed by atoms with Gasteiger partial charge in [-0.1, -0.05) is 27.5 Å². The van der Waals surface area contributed by atoms with E-state index in [1.165, 1.54) is 0 Å². The molecule has 3 nitrogen and oxygen atoms in total. The largest absolute Gasteiger partial charge is 0.397 e. The molecule has 0 bridgehead atoms. The lowest BCUT2D eigenvalue weighted by Gasteiger charge is -2.11. The molecule has 18 heavy (non-hydrogen) atoms. The fraction of sp³-hybridized carbons (Fsp3) is 0. The zero-order valence-electron chi connectivity index (χ0n) is 9.24. The topological polar surface area (TPSA) is 61.8 Å². The van der Waals surface area contributed by atoms with Crippen LogP contribution in [0.1, 0.15) is 5.56 Å². The van der Waals surface area contributed by atoms with E-state index in [0.29, 0.717) is 22.0 Å². The van der Waals surface area contributed by atoms with Gasteiger partial charge in [-0.2, -0.15) is 5.26 Å². The molecule has 0 aromatic heterocycles. The molecule has 0 fully saturated rings. The second kappa shape index (κ2) is 5.30. The van der Waals surface area contributed by atoms with E-state index in [-0.39, 0.29) is 0 Å². The van der Waals surface area contributed by atoms with Gasteiger partial charge >= 0.3 is 0 Å². The third kappa shape index (κ3) is 2.76. The van der Waals surface area contributed by atoms with Crippen LogP contribution in [-0.4, -0.2) is 0 Å². The molecule has 0 heterocycles. The lowest BCUT2D eigenvalue weighted by Crippen LogP contribution is -1.97. The number of nitrogens with one attached hydrogen (secondary N) is 1. The number of nitrogens with two attached hydrogens (primary N) is 1. The average molecular weight is 323 g/mol. The summed E-state index contributed by atoms with van der Waals surface area (Å²) >= 11 is 9.41. The second-order valence-electron chi connectivity index (χ2n) is 3.66. The van der Waals surface area contributed by atoms with Crippen LogP contribution < -0.4 is 11.1 Å². The summed E-state index contributed by atoms with van der Waals surface area (Å²) in [6, 6.07) is 12.6. The molecule has 0 amide bonds.